The molecule has 228 valence electrons. The van der Waals surface area contributed by atoms with E-state index in [0.717, 1.165) is 42.4 Å². The molecule has 0 saturated carbocycles. The van der Waals surface area contributed by atoms with Crippen LogP contribution in [0.15, 0.2) is 18.2 Å². The Morgan fingerprint density at radius 1 is 0.975 bits per heavy atom. The fraction of sp³-hybridized carbons (Fsp3) is 0.719. The molecule has 0 fully saturated rings. The van der Waals surface area contributed by atoms with Crippen LogP contribution >= 0.6 is 11.8 Å². The Morgan fingerprint density at radius 2 is 1.60 bits per heavy atom. The summed E-state index contributed by atoms with van der Waals surface area (Å²) in [4.78, 5) is 42.8. The summed E-state index contributed by atoms with van der Waals surface area (Å²) >= 11 is 1.61. The summed E-state index contributed by atoms with van der Waals surface area (Å²) in [6.07, 6.45) is 8.13. The summed E-state index contributed by atoms with van der Waals surface area (Å²) in [5, 5.41) is 5.95. The Balaban J connectivity index is 3.54. The van der Waals surface area contributed by atoms with Gasteiger partial charge in [-0.05, 0) is 91.4 Å². The molecule has 0 radical (unpaired) electrons. The molecule has 0 saturated heterocycles. The number of ether oxygens (including phenoxy) is 1. The Hall–Kier alpha value is -2.22. The Labute approximate surface area is 248 Å². The largest absolute Gasteiger partial charge is 0.444 e. The van der Waals surface area contributed by atoms with Gasteiger partial charge >= 0.3 is 6.09 Å². The van der Waals surface area contributed by atoms with Gasteiger partial charge in [0.1, 0.15) is 17.7 Å². The Kier molecular flexibility index (Phi) is 15.1. The van der Waals surface area contributed by atoms with Crippen molar-refractivity contribution >= 4 is 29.7 Å². The molecule has 1 aromatic carbocycles. The SMILES string of the molecule is CCCCCCCCN(C(=O)C(CCSC)NC(=O)OC(C)(C)C)C(C(=O)NC(C)(C)C)c1cc(C)ccc1C. The molecule has 8 heteroatoms. The van der Waals surface area contributed by atoms with Gasteiger partial charge in [0.2, 0.25) is 11.8 Å². The van der Waals surface area contributed by atoms with Crippen LogP contribution in [0.3, 0.4) is 0 Å². The summed E-state index contributed by atoms with van der Waals surface area (Å²) in [5.41, 5.74) is 1.60. The molecule has 0 heterocycles. The highest BCUT2D eigenvalue weighted by Gasteiger charge is 2.37. The fourth-order valence-electron chi connectivity index (χ4n) is 4.52. The summed E-state index contributed by atoms with van der Waals surface area (Å²) in [6, 6.07) is 4.39. The molecule has 0 spiro atoms. The van der Waals surface area contributed by atoms with Crippen LogP contribution in [0.4, 0.5) is 4.79 Å². The zero-order chi connectivity index (χ0) is 30.5. The number of hydrogen-bond acceptors (Lipinski definition) is 5. The maximum Gasteiger partial charge on any atom is 0.408 e. The van der Waals surface area contributed by atoms with Crippen LogP contribution in [0.2, 0.25) is 0 Å². The molecule has 1 aromatic rings. The zero-order valence-corrected chi connectivity index (χ0v) is 27.6. The number of thioether (sulfide) groups is 1. The number of carbonyl (C=O) groups is 3. The third-order valence-electron chi connectivity index (χ3n) is 6.42. The average Bonchev–Trinajstić information content (AvgIpc) is 2.82. The third-order valence-corrected chi connectivity index (χ3v) is 7.07. The van der Waals surface area contributed by atoms with Gasteiger partial charge < -0.3 is 20.3 Å². The van der Waals surface area contributed by atoms with E-state index in [-0.39, 0.29) is 11.8 Å². The summed E-state index contributed by atoms with van der Waals surface area (Å²) in [5.74, 6) is 0.198. The van der Waals surface area contributed by atoms with Gasteiger partial charge in [0.15, 0.2) is 0 Å². The van der Waals surface area contributed by atoms with Crippen LogP contribution in [0.25, 0.3) is 0 Å². The van der Waals surface area contributed by atoms with Gasteiger partial charge in [-0.1, -0.05) is 62.8 Å². The van der Waals surface area contributed by atoms with Crippen molar-refractivity contribution in [3.05, 3.63) is 34.9 Å². The topological polar surface area (TPSA) is 87.7 Å². The van der Waals surface area contributed by atoms with E-state index < -0.39 is 29.3 Å². The molecular weight excluding hydrogens is 522 g/mol. The molecule has 1 rings (SSSR count). The average molecular weight is 578 g/mol. The van der Waals surface area contributed by atoms with Crippen molar-refractivity contribution in [1.29, 1.82) is 0 Å². The second-order valence-electron chi connectivity index (χ2n) is 12.8. The van der Waals surface area contributed by atoms with Gasteiger partial charge in [-0.3, -0.25) is 9.59 Å². The van der Waals surface area contributed by atoms with Crippen molar-refractivity contribution in [2.45, 2.75) is 130 Å². The van der Waals surface area contributed by atoms with Gasteiger partial charge in [0.25, 0.3) is 0 Å². The van der Waals surface area contributed by atoms with Crippen LogP contribution in [-0.2, 0) is 14.3 Å². The quantitative estimate of drug-likeness (QED) is 0.217. The predicted octanol–water partition coefficient (Wildman–Crippen LogP) is 7.09. The lowest BCUT2D eigenvalue weighted by Gasteiger charge is -2.36. The zero-order valence-electron chi connectivity index (χ0n) is 26.7. The molecule has 2 unspecified atom stereocenters. The number of benzene rings is 1. The van der Waals surface area contributed by atoms with E-state index in [4.69, 9.17) is 4.74 Å². The van der Waals surface area contributed by atoms with Gasteiger partial charge in [-0.2, -0.15) is 11.8 Å². The minimum absolute atomic E-state index is 0.221. The Bertz CT molecular complexity index is 952. The van der Waals surface area contributed by atoms with Crippen LogP contribution in [-0.4, -0.2) is 58.5 Å². The molecule has 0 aromatic heterocycles. The minimum Gasteiger partial charge on any atom is -0.444 e. The van der Waals surface area contributed by atoms with Crippen molar-refractivity contribution in [1.82, 2.24) is 15.5 Å². The molecule has 7 nitrogen and oxygen atoms in total. The normalized spacial score (nSPS) is 13.3. The van der Waals surface area contributed by atoms with Gasteiger partial charge in [0.05, 0.1) is 0 Å². The van der Waals surface area contributed by atoms with E-state index in [1.807, 2.05) is 59.1 Å². The first-order chi connectivity index (χ1) is 18.6. The second-order valence-corrected chi connectivity index (χ2v) is 13.8. The van der Waals surface area contributed by atoms with Crippen molar-refractivity contribution < 1.29 is 19.1 Å². The highest BCUT2D eigenvalue weighted by atomic mass is 32.2. The highest BCUT2D eigenvalue weighted by Crippen LogP contribution is 2.28. The molecule has 0 aliphatic heterocycles. The van der Waals surface area contributed by atoms with Crippen LogP contribution in [0, 0.1) is 13.8 Å². The number of nitrogens with zero attached hydrogens (tertiary/aromatic N) is 1. The summed E-state index contributed by atoms with van der Waals surface area (Å²) in [6.45, 7) is 17.8. The van der Waals surface area contributed by atoms with Crippen molar-refractivity contribution in [3.8, 4) is 0 Å². The number of aryl methyl sites for hydroxylation is 2. The molecule has 0 bridgehead atoms. The molecular formula is C32H55N3O4S. The number of nitrogens with one attached hydrogen (secondary N) is 2. The minimum atomic E-state index is -0.820. The molecule has 2 N–H and O–H groups in total. The summed E-state index contributed by atoms with van der Waals surface area (Å²) < 4.78 is 5.50. The van der Waals surface area contributed by atoms with E-state index in [9.17, 15) is 14.4 Å². The van der Waals surface area contributed by atoms with Gasteiger partial charge in [-0.15, -0.1) is 0 Å². The van der Waals surface area contributed by atoms with E-state index in [1.54, 1.807) is 37.4 Å². The first-order valence-corrected chi connectivity index (χ1v) is 16.2. The standard InChI is InChI=1S/C32H55N3O4S/c1-11-12-13-14-15-16-20-35(29(37)26(19-21-40-10)33-30(38)39-32(7,8)9)27(28(36)34-31(4,5)6)25-22-23(2)17-18-24(25)3/h17-18,22,26-27H,11-16,19-21H2,1-10H3,(H,33,38)(H,34,36). The monoisotopic (exact) mass is 577 g/mol. The molecule has 2 atom stereocenters. The van der Waals surface area contributed by atoms with Crippen molar-refractivity contribution in [2.75, 3.05) is 18.6 Å². The number of hydrogen-bond donors (Lipinski definition) is 2. The summed E-state index contributed by atoms with van der Waals surface area (Å²) in [7, 11) is 0. The lowest BCUT2D eigenvalue weighted by atomic mass is 9.94. The van der Waals surface area contributed by atoms with E-state index >= 15 is 0 Å². The van der Waals surface area contributed by atoms with Crippen LogP contribution < -0.4 is 10.6 Å². The number of carbonyl (C=O) groups excluding carboxylic acids is 3. The lowest BCUT2D eigenvalue weighted by molar-refractivity contribution is -0.143. The first kappa shape index (κ1) is 35.8. The molecule has 0 aliphatic rings. The lowest BCUT2D eigenvalue weighted by Crippen LogP contribution is -2.55. The first-order valence-electron chi connectivity index (χ1n) is 14.8. The van der Waals surface area contributed by atoms with Crippen molar-refractivity contribution in [3.63, 3.8) is 0 Å². The smallest absolute Gasteiger partial charge is 0.408 e. The van der Waals surface area contributed by atoms with Crippen molar-refractivity contribution in [2.24, 2.45) is 0 Å². The van der Waals surface area contributed by atoms with Crippen LogP contribution in [0.1, 0.15) is 116 Å². The number of rotatable bonds is 15. The molecule has 3 amide bonds. The third kappa shape index (κ3) is 13.4. The second kappa shape index (κ2) is 16.9. The fourth-order valence-corrected chi connectivity index (χ4v) is 4.99. The van der Waals surface area contributed by atoms with Crippen LogP contribution in [0.5, 0.6) is 0 Å². The van der Waals surface area contributed by atoms with E-state index in [0.29, 0.717) is 18.7 Å². The molecule has 40 heavy (non-hydrogen) atoms. The van der Waals surface area contributed by atoms with Gasteiger partial charge in [-0.25, -0.2) is 4.79 Å². The van der Waals surface area contributed by atoms with E-state index in [2.05, 4.69) is 17.6 Å². The number of amides is 3. The molecule has 0 aliphatic carbocycles. The van der Waals surface area contributed by atoms with E-state index in [1.165, 1.54) is 12.8 Å². The van der Waals surface area contributed by atoms with Gasteiger partial charge in [0, 0.05) is 12.1 Å². The highest BCUT2D eigenvalue weighted by molar-refractivity contribution is 7.98. The number of unbranched alkanes of at least 4 members (excludes halogenated alkanes) is 5. The predicted molar refractivity (Wildman–Crippen MR) is 168 cm³/mol. The maximum absolute atomic E-state index is 14.4. The Morgan fingerprint density at radius 3 is 2.17 bits per heavy atom. The maximum atomic E-state index is 14.4. The number of alkyl carbamates (subject to hydrolysis) is 1.